The lowest BCUT2D eigenvalue weighted by Gasteiger charge is -2.10. The van der Waals surface area contributed by atoms with Gasteiger partial charge in [-0.15, -0.1) is 0 Å². The minimum absolute atomic E-state index is 0.209. The number of anilines is 2. The molecule has 1 amide bonds. The largest absolute Gasteiger partial charge is 0.417 e. The Morgan fingerprint density at radius 1 is 1.37 bits per heavy atom. The Kier molecular flexibility index (Phi) is 3.83. The molecule has 9 nitrogen and oxygen atoms in total. The zero-order chi connectivity index (χ0) is 21.0. The quantitative estimate of drug-likeness (QED) is 0.478. The summed E-state index contributed by atoms with van der Waals surface area (Å²) in [6, 6.07) is 9.23. The highest BCUT2D eigenvalue weighted by Gasteiger charge is 2.43. The van der Waals surface area contributed by atoms with Crippen molar-refractivity contribution < 1.29 is 9.21 Å². The number of aryl methyl sites for hydroxylation is 1. The van der Waals surface area contributed by atoms with Crippen molar-refractivity contribution in [1.29, 1.82) is 5.26 Å². The smallest absolute Gasteiger partial charge is 0.408 e. The van der Waals surface area contributed by atoms with E-state index in [4.69, 9.17) is 15.4 Å². The van der Waals surface area contributed by atoms with Crippen LogP contribution in [0.1, 0.15) is 12.0 Å². The number of carbonyl (C=O) groups is 1. The molecule has 148 valence electrons. The van der Waals surface area contributed by atoms with Crippen LogP contribution in [0, 0.1) is 30.1 Å². The number of carbonyl (C=O) groups excluding carboxylic acids is 1. The fourth-order valence-electron chi connectivity index (χ4n) is 3.61. The topological polar surface area (TPSA) is 151 Å². The average Bonchev–Trinajstić information content (AvgIpc) is 3.41. The summed E-state index contributed by atoms with van der Waals surface area (Å²) in [5, 5.41) is 13.1. The van der Waals surface area contributed by atoms with Crippen molar-refractivity contribution in [2.45, 2.75) is 13.3 Å². The predicted octanol–water partition coefficient (Wildman–Crippen LogP) is 2.72. The molecule has 0 bridgehead atoms. The minimum Gasteiger partial charge on any atom is -0.408 e. The zero-order valence-electron chi connectivity index (χ0n) is 15.9. The second kappa shape index (κ2) is 6.42. The number of H-pyrrole nitrogens is 1. The predicted molar refractivity (Wildman–Crippen MR) is 110 cm³/mol. The third-order valence-electron chi connectivity index (χ3n) is 5.33. The van der Waals surface area contributed by atoms with Gasteiger partial charge in [0.25, 0.3) is 0 Å². The summed E-state index contributed by atoms with van der Waals surface area (Å²) in [6.45, 7) is 1.90. The molecule has 0 aliphatic heterocycles. The number of benzene rings is 1. The average molecular weight is 400 g/mol. The monoisotopic (exact) mass is 400 g/mol. The van der Waals surface area contributed by atoms with Crippen LogP contribution in [-0.4, -0.2) is 20.9 Å². The summed E-state index contributed by atoms with van der Waals surface area (Å²) >= 11 is 0. The number of amides is 1. The Balaban J connectivity index is 1.55. The van der Waals surface area contributed by atoms with Crippen molar-refractivity contribution in [3.63, 3.8) is 0 Å². The number of aromatic nitrogens is 3. The molecule has 0 saturated heterocycles. The van der Waals surface area contributed by atoms with Crippen molar-refractivity contribution in [3.05, 3.63) is 46.6 Å². The molecular weight excluding hydrogens is 384 g/mol. The molecule has 9 heteroatoms. The number of nitriles is 1. The van der Waals surface area contributed by atoms with E-state index in [9.17, 15) is 9.59 Å². The molecule has 1 aromatic carbocycles. The maximum absolute atomic E-state index is 12.2. The summed E-state index contributed by atoms with van der Waals surface area (Å²) in [7, 11) is 0. The van der Waals surface area contributed by atoms with Crippen molar-refractivity contribution >= 4 is 39.4 Å². The van der Waals surface area contributed by atoms with Crippen LogP contribution >= 0.6 is 0 Å². The zero-order valence-corrected chi connectivity index (χ0v) is 15.9. The van der Waals surface area contributed by atoms with Crippen molar-refractivity contribution in [2.75, 3.05) is 11.1 Å². The first kappa shape index (κ1) is 17.9. The molecule has 4 N–H and O–H groups in total. The highest BCUT2D eigenvalue weighted by molar-refractivity contribution is 5.99. The minimum atomic E-state index is -0.520. The van der Waals surface area contributed by atoms with Gasteiger partial charge in [-0.2, -0.15) is 5.26 Å². The summed E-state index contributed by atoms with van der Waals surface area (Å²) in [4.78, 5) is 35.1. The second-order valence-corrected chi connectivity index (χ2v) is 7.43. The number of fused-ring (bicyclic) bond motifs is 2. The van der Waals surface area contributed by atoms with Crippen LogP contribution in [0.15, 0.2) is 39.7 Å². The molecule has 0 spiro atoms. The molecule has 2 unspecified atom stereocenters. The van der Waals surface area contributed by atoms with Crippen LogP contribution in [0.5, 0.6) is 0 Å². The summed E-state index contributed by atoms with van der Waals surface area (Å²) in [6.07, 6.45) is 2.14. The Hall–Kier alpha value is -4.19. The van der Waals surface area contributed by atoms with Gasteiger partial charge in [-0.25, -0.2) is 14.8 Å². The van der Waals surface area contributed by atoms with Gasteiger partial charge < -0.3 is 15.5 Å². The highest BCUT2D eigenvalue weighted by Crippen LogP contribution is 2.38. The van der Waals surface area contributed by atoms with Crippen molar-refractivity contribution in [2.24, 2.45) is 11.8 Å². The van der Waals surface area contributed by atoms with E-state index >= 15 is 0 Å². The standard InChI is InChI=1S/C21H16N6O3/c1-9-2-16-17(30-21(29)26-16)6-12(9)15-4-10-5-18(24-8-14(10)19(23)25-15)27-20(28)13-3-11(13)7-22/h2,4-6,8,11,13H,3H2,1H3,(H2,23,25)(H,26,29)(H,24,27,28). The third kappa shape index (κ3) is 2.95. The van der Waals surface area contributed by atoms with E-state index in [-0.39, 0.29) is 17.7 Å². The normalized spacial score (nSPS) is 17.7. The van der Waals surface area contributed by atoms with Crippen LogP contribution in [0.3, 0.4) is 0 Å². The molecule has 1 aliphatic rings. The van der Waals surface area contributed by atoms with Gasteiger partial charge in [-0.05, 0) is 48.6 Å². The summed E-state index contributed by atoms with van der Waals surface area (Å²) in [5.41, 5.74) is 9.47. The molecule has 3 heterocycles. The van der Waals surface area contributed by atoms with Gasteiger partial charge in [0.2, 0.25) is 5.91 Å². The lowest BCUT2D eigenvalue weighted by atomic mass is 10.0. The maximum Gasteiger partial charge on any atom is 0.417 e. The number of nitrogens with zero attached hydrogens (tertiary/aromatic N) is 3. The van der Waals surface area contributed by atoms with E-state index < -0.39 is 5.76 Å². The number of pyridine rings is 2. The van der Waals surface area contributed by atoms with Crippen molar-refractivity contribution in [3.8, 4) is 17.3 Å². The van der Waals surface area contributed by atoms with E-state index in [1.807, 2.05) is 19.1 Å². The highest BCUT2D eigenvalue weighted by atomic mass is 16.4. The first-order valence-electron chi connectivity index (χ1n) is 9.33. The van der Waals surface area contributed by atoms with E-state index in [2.05, 4.69) is 26.3 Å². The van der Waals surface area contributed by atoms with Gasteiger partial charge >= 0.3 is 5.76 Å². The maximum atomic E-state index is 12.2. The van der Waals surface area contributed by atoms with Crippen LogP contribution in [0.25, 0.3) is 33.1 Å². The van der Waals surface area contributed by atoms with E-state index in [1.54, 1.807) is 18.3 Å². The Morgan fingerprint density at radius 2 is 2.20 bits per heavy atom. The van der Waals surface area contributed by atoms with Gasteiger partial charge in [-0.3, -0.25) is 9.78 Å². The molecule has 4 aromatic rings. The van der Waals surface area contributed by atoms with Gasteiger partial charge in [0, 0.05) is 17.1 Å². The van der Waals surface area contributed by atoms with Crippen LogP contribution < -0.4 is 16.8 Å². The van der Waals surface area contributed by atoms with Crippen LogP contribution in [0.4, 0.5) is 11.6 Å². The van der Waals surface area contributed by atoms with Gasteiger partial charge in [0.15, 0.2) is 5.58 Å². The molecule has 2 atom stereocenters. The number of hydrogen-bond donors (Lipinski definition) is 3. The fraction of sp³-hybridized carbons (Fsp3) is 0.190. The molecule has 1 saturated carbocycles. The van der Waals surface area contributed by atoms with Crippen LogP contribution in [0.2, 0.25) is 0 Å². The lowest BCUT2D eigenvalue weighted by Crippen LogP contribution is -2.15. The number of oxazole rings is 1. The molecule has 30 heavy (non-hydrogen) atoms. The summed E-state index contributed by atoms with van der Waals surface area (Å²) < 4.78 is 5.16. The Labute approximate surface area is 169 Å². The molecule has 1 fully saturated rings. The molecule has 3 aromatic heterocycles. The van der Waals surface area contributed by atoms with Gasteiger partial charge in [0.05, 0.1) is 29.1 Å². The van der Waals surface area contributed by atoms with E-state index in [1.165, 1.54) is 0 Å². The number of rotatable bonds is 3. The lowest BCUT2D eigenvalue weighted by molar-refractivity contribution is -0.117. The second-order valence-electron chi connectivity index (χ2n) is 7.43. The molecule has 1 aliphatic carbocycles. The summed E-state index contributed by atoms with van der Waals surface area (Å²) in [5.74, 6) is -0.543. The SMILES string of the molecule is Cc1cc2[nH]c(=O)oc2cc1-c1cc2cc(NC(=O)C3CC3C#N)ncc2c(N)n1. The third-order valence-corrected chi connectivity index (χ3v) is 5.33. The van der Waals surface area contributed by atoms with E-state index in [0.717, 1.165) is 16.5 Å². The van der Waals surface area contributed by atoms with Gasteiger partial charge in [-0.1, -0.05) is 0 Å². The molecule has 0 radical (unpaired) electrons. The Morgan fingerprint density at radius 3 is 2.97 bits per heavy atom. The number of nitrogen functional groups attached to an aromatic ring is 1. The van der Waals surface area contributed by atoms with E-state index in [0.29, 0.717) is 40.2 Å². The Bertz CT molecular complexity index is 1450. The number of hydrogen-bond acceptors (Lipinski definition) is 7. The first-order chi connectivity index (χ1) is 14.4. The van der Waals surface area contributed by atoms with Crippen LogP contribution in [-0.2, 0) is 4.79 Å². The van der Waals surface area contributed by atoms with Gasteiger partial charge in [0.1, 0.15) is 11.6 Å². The number of aromatic amines is 1. The first-order valence-corrected chi connectivity index (χ1v) is 9.33. The number of nitrogens with one attached hydrogen (secondary N) is 2. The molecule has 5 rings (SSSR count). The number of nitrogens with two attached hydrogens (primary N) is 1. The fourth-order valence-corrected chi connectivity index (χ4v) is 3.61. The molecular formula is C21H16N6O3. The van der Waals surface area contributed by atoms with Crippen molar-refractivity contribution in [1.82, 2.24) is 15.0 Å².